The Bertz CT molecular complexity index is 779. The average Bonchev–Trinajstić information content (AvgIpc) is 2.88. The van der Waals surface area contributed by atoms with E-state index in [-0.39, 0.29) is 24.7 Å². The second-order valence-electron chi connectivity index (χ2n) is 5.99. The fourth-order valence-corrected chi connectivity index (χ4v) is 3.15. The number of likely N-dealkylation sites (tertiary alicyclic amines) is 1. The van der Waals surface area contributed by atoms with E-state index in [2.05, 4.69) is 4.98 Å². The summed E-state index contributed by atoms with van der Waals surface area (Å²) in [6.45, 7) is 1.90. The smallest absolute Gasteiger partial charge is 0.309 e. The van der Waals surface area contributed by atoms with Gasteiger partial charge in [-0.25, -0.2) is 4.39 Å². The van der Waals surface area contributed by atoms with Gasteiger partial charge in [-0.15, -0.1) is 0 Å². The number of aromatic nitrogens is 1. The number of pyridine rings is 1. The number of carbonyl (C=O) groups excluding carboxylic acids is 1. The summed E-state index contributed by atoms with van der Waals surface area (Å²) < 4.78 is 13.6. The van der Waals surface area contributed by atoms with Gasteiger partial charge in [0.1, 0.15) is 5.82 Å². The highest BCUT2D eigenvalue weighted by atomic mass is 19.1. The predicted molar refractivity (Wildman–Crippen MR) is 84.4 cm³/mol. The van der Waals surface area contributed by atoms with Gasteiger partial charge in [-0.3, -0.25) is 14.6 Å². The van der Waals surface area contributed by atoms with Gasteiger partial charge in [-0.1, -0.05) is 18.2 Å². The van der Waals surface area contributed by atoms with E-state index >= 15 is 0 Å². The molecule has 1 N–H and O–H groups in total. The molecule has 1 aliphatic heterocycles. The monoisotopic (exact) mass is 328 g/mol. The van der Waals surface area contributed by atoms with Crippen LogP contribution in [0.5, 0.6) is 0 Å². The Morgan fingerprint density at radius 3 is 2.83 bits per heavy atom. The molecule has 2 atom stereocenters. The zero-order valence-corrected chi connectivity index (χ0v) is 13.1. The molecule has 1 aromatic heterocycles. The van der Waals surface area contributed by atoms with E-state index in [1.807, 2.05) is 6.07 Å². The van der Waals surface area contributed by atoms with Gasteiger partial charge in [-0.05, 0) is 35.7 Å². The number of aryl methyl sites for hydroxylation is 1. The summed E-state index contributed by atoms with van der Waals surface area (Å²) in [5, 5.41) is 9.51. The van der Waals surface area contributed by atoms with Crippen LogP contribution in [0.15, 0.2) is 42.7 Å². The number of halogens is 1. The molecule has 2 unspecified atom stereocenters. The largest absolute Gasteiger partial charge is 0.481 e. The second-order valence-corrected chi connectivity index (χ2v) is 5.99. The van der Waals surface area contributed by atoms with Crippen molar-refractivity contribution in [2.75, 3.05) is 0 Å². The molecule has 2 heterocycles. The summed E-state index contributed by atoms with van der Waals surface area (Å²) in [6.07, 6.45) is 3.22. The van der Waals surface area contributed by atoms with Gasteiger partial charge in [0.05, 0.1) is 12.0 Å². The number of carboxylic acids is 1. The van der Waals surface area contributed by atoms with Gasteiger partial charge in [-0.2, -0.15) is 0 Å². The standard InChI is InChI=1S/C18H17FN2O3/c1-11-7-13(4-5-15(11)19)17-14(18(23)24)8-16(22)21(17)10-12-3-2-6-20-9-12/h2-7,9,14,17H,8,10H2,1H3,(H,23,24). The average molecular weight is 328 g/mol. The number of benzene rings is 1. The molecule has 0 radical (unpaired) electrons. The molecular formula is C18H17FN2O3. The van der Waals surface area contributed by atoms with Crippen LogP contribution >= 0.6 is 0 Å². The zero-order valence-electron chi connectivity index (χ0n) is 13.1. The summed E-state index contributed by atoms with van der Waals surface area (Å²) in [5.74, 6) is -2.45. The molecule has 3 rings (SSSR count). The third-order valence-corrected chi connectivity index (χ3v) is 4.35. The van der Waals surface area contributed by atoms with Crippen molar-refractivity contribution in [2.45, 2.75) is 25.9 Å². The summed E-state index contributed by atoms with van der Waals surface area (Å²) in [5.41, 5.74) is 1.88. The summed E-state index contributed by atoms with van der Waals surface area (Å²) >= 11 is 0. The number of amides is 1. The van der Waals surface area contributed by atoms with E-state index in [4.69, 9.17) is 0 Å². The highest BCUT2D eigenvalue weighted by Crippen LogP contribution is 2.39. The van der Waals surface area contributed by atoms with Crippen molar-refractivity contribution in [3.8, 4) is 0 Å². The quantitative estimate of drug-likeness (QED) is 0.937. The number of nitrogens with zero attached hydrogens (tertiary/aromatic N) is 2. The molecule has 6 heteroatoms. The highest BCUT2D eigenvalue weighted by Gasteiger charge is 2.44. The van der Waals surface area contributed by atoms with Gasteiger partial charge in [0, 0.05) is 25.4 Å². The summed E-state index contributed by atoms with van der Waals surface area (Å²) in [7, 11) is 0. The second kappa shape index (κ2) is 6.39. The van der Waals surface area contributed by atoms with E-state index in [1.165, 1.54) is 6.07 Å². The number of hydrogen-bond acceptors (Lipinski definition) is 3. The van der Waals surface area contributed by atoms with Crippen molar-refractivity contribution < 1.29 is 19.1 Å². The van der Waals surface area contributed by atoms with Crippen molar-refractivity contribution in [1.82, 2.24) is 9.88 Å². The Morgan fingerprint density at radius 1 is 1.42 bits per heavy atom. The molecule has 1 aromatic carbocycles. The van der Waals surface area contributed by atoms with Gasteiger partial charge < -0.3 is 10.0 Å². The zero-order chi connectivity index (χ0) is 17.3. The van der Waals surface area contributed by atoms with Crippen LogP contribution in [0.25, 0.3) is 0 Å². The third-order valence-electron chi connectivity index (χ3n) is 4.35. The van der Waals surface area contributed by atoms with Crippen molar-refractivity contribution in [3.63, 3.8) is 0 Å². The van der Waals surface area contributed by atoms with E-state index in [1.54, 1.807) is 42.4 Å². The maximum atomic E-state index is 13.6. The van der Waals surface area contributed by atoms with Crippen LogP contribution < -0.4 is 0 Å². The van der Waals surface area contributed by atoms with E-state index in [0.717, 1.165) is 5.56 Å². The molecule has 124 valence electrons. The molecule has 1 amide bonds. The van der Waals surface area contributed by atoms with Crippen LogP contribution in [0.3, 0.4) is 0 Å². The first-order chi connectivity index (χ1) is 11.5. The van der Waals surface area contributed by atoms with Crippen molar-refractivity contribution in [1.29, 1.82) is 0 Å². The first kappa shape index (κ1) is 16.1. The maximum absolute atomic E-state index is 13.6. The van der Waals surface area contributed by atoms with Crippen LogP contribution in [0.4, 0.5) is 4.39 Å². The molecule has 0 saturated carbocycles. The lowest BCUT2D eigenvalue weighted by atomic mass is 9.92. The lowest BCUT2D eigenvalue weighted by Gasteiger charge is -2.27. The molecular weight excluding hydrogens is 311 g/mol. The van der Waals surface area contributed by atoms with Crippen molar-refractivity contribution in [2.24, 2.45) is 5.92 Å². The lowest BCUT2D eigenvalue weighted by Crippen LogP contribution is -2.30. The predicted octanol–water partition coefficient (Wildman–Crippen LogP) is 2.70. The molecule has 1 saturated heterocycles. The molecule has 0 aliphatic carbocycles. The Hall–Kier alpha value is -2.76. The Kier molecular flexibility index (Phi) is 4.29. The van der Waals surface area contributed by atoms with E-state index in [9.17, 15) is 19.1 Å². The fraction of sp³-hybridized carbons (Fsp3) is 0.278. The Morgan fingerprint density at radius 2 is 2.21 bits per heavy atom. The normalized spacial score (nSPS) is 20.4. The van der Waals surface area contributed by atoms with Crippen LogP contribution in [0, 0.1) is 18.7 Å². The number of hydrogen-bond donors (Lipinski definition) is 1. The molecule has 0 spiro atoms. The fourth-order valence-electron chi connectivity index (χ4n) is 3.15. The molecule has 1 aliphatic rings. The Balaban J connectivity index is 1.99. The Labute approximate surface area is 138 Å². The third kappa shape index (κ3) is 2.99. The first-order valence-corrected chi connectivity index (χ1v) is 7.64. The van der Waals surface area contributed by atoms with Gasteiger partial charge in [0.15, 0.2) is 0 Å². The molecule has 2 aromatic rings. The van der Waals surface area contributed by atoms with E-state index < -0.39 is 17.9 Å². The minimum atomic E-state index is -1.02. The van der Waals surface area contributed by atoms with Gasteiger partial charge >= 0.3 is 5.97 Å². The summed E-state index contributed by atoms with van der Waals surface area (Å²) in [6, 6.07) is 7.47. The van der Waals surface area contributed by atoms with Gasteiger partial charge in [0.2, 0.25) is 5.91 Å². The van der Waals surface area contributed by atoms with Crippen LogP contribution in [-0.2, 0) is 16.1 Å². The van der Waals surface area contributed by atoms with Crippen LogP contribution in [0.1, 0.15) is 29.2 Å². The van der Waals surface area contributed by atoms with Crippen molar-refractivity contribution in [3.05, 3.63) is 65.2 Å². The number of rotatable bonds is 4. The number of carbonyl (C=O) groups is 2. The minimum absolute atomic E-state index is 0.0588. The maximum Gasteiger partial charge on any atom is 0.309 e. The first-order valence-electron chi connectivity index (χ1n) is 7.64. The molecule has 1 fully saturated rings. The number of carboxylic acid groups (broad SMARTS) is 1. The highest BCUT2D eigenvalue weighted by molar-refractivity contribution is 5.87. The minimum Gasteiger partial charge on any atom is -0.481 e. The van der Waals surface area contributed by atoms with Crippen LogP contribution in [-0.4, -0.2) is 26.9 Å². The van der Waals surface area contributed by atoms with Crippen molar-refractivity contribution >= 4 is 11.9 Å². The van der Waals surface area contributed by atoms with Gasteiger partial charge in [0.25, 0.3) is 0 Å². The molecule has 5 nitrogen and oxygen atoms in total. The SMILES string of the molecule is Cc1cc(C2C(C(=O)O)CC(=O)N2Cc2cccnc2)ccc1F. The number of aliphatic carboxylic acids is 1. The molecule has 24 heavy (non-hydrogen) atoms. The summed E-state index contributed by atoms with van der Waals surface area (Å²) in [4.78, 5) is 29.6. The molecule has 0 bridgehead atoms. The topological polar surface area (TPSA) is 70.5 Å². The lowest BCUT2D eigenvalue weighted by molar-refractivity contribution is -0.142. The van der Waals surface area contributed by atoms with Crippen LogP contribution in [0.2, 0.25) is 0 Å². The van der Waals surface area contributed by atoms with E-state index in [0.29, 0.717) is 11.1 Å².